The maximum Gasteiger partial charge on any atom is 0.407 e. The largest absolute Gasteiger partial charge is 0.465 e. The molecule has 12 heavy (non-hydrogen) atoms. The van der Waals surface area contributed by atoms with Crippen molar-refractivity contribution >= 4 is 6.09 Å². The fourth-order valence-corrected chi connectivity index (χ4v) is 1.12. The van der Waals surface area contributed by atoms with Crippen molar-refractivity contribution in [2.45, 2.75) is 18.4 Å². The topological polar surface area (TPSA) is 66.6 Å². The normalized spacial score (nSPS) is 28.6. The van der Waals surface area contributed by atoms with Crippen molar-refractivity contribution in [3.05, 3.63) is 0 Å². The van der Waals surface area contributed by atoms with Crippen molar-refractivity contribution in [3.63, 3.8) is 0 Å². The molecular weight excluding hydrogens is 170 g/mol. The van der Waals surface area contributed by atoms with Crippen molar-refractivity contribution in [2.75, 3.05) is 13.1 Å². The lowest BCUT2D eigenvalue weighted by Crippen LogP contribution is -2.56. The zero-order valence-corrected chi connectivity index (χ0v) is 6.33. The molecule has 70 valence electrons. The monoisotopic (exact) mass is 180 g/mol. The molecular formula is C6H10F2N2O2. The summed E-state index contributed by atoms with van der Waals surface area (Å²) < 4.78 is 25.6. The lowest BCUT2D eigenvalue weighted by molar-refractivity contribution is -0.0730. The molecule has 1 rings (SSSR count). The van der Waals surface area contributed by atoms with Crippen LogP contribution in [0.25, 0.3) is 0 Å². The van der Waals surface area contributed by atoms with Crippen LogP contribution in [0.4, 0.5) is 13.6 Å². The lowest BCUT2D eigenvalue weighted by Gasteiger charge is -2.34. The molecule has 0 aromatic carbocycles. The number of likely N-dealkylation sites (tertiary alicyclic amines) is 1. The van der Waals surface area contributed by atoms with Crippen LogP contribution < -0.4 is 5.73 Å². The van der Waals surface area contributed by atoms with Gasteiger partial charge in [0.2, 0.25) is 0 Å². The van der Waals surface area contributed by atoms with Gasteiger partial charge in [-0.25, -0.2) is 13.6 Å². The van der Waals surface area contributed by atoms with Gasteiger partial charge in [-0.15, -0.1) is 0 Å². The summed E-state index contributed by atoms with van der Waals surface area (Å²) in [6.45, 7) is -0.699. The average Bonchev–Trinajstić information content (AvgIpc) is 1.94. The summed E-state index contributed by atoms with van der Waals surface area (Å²) in [5, 5.41) is 8.41. The Morgan fingerprint density at radius 3 is 2.67 bits per heavy atom. The number of alkyl halides is 2. The first kappa shape index (κ1) is 9.18. The molecule has 0 radical (unpaired) electrons. The molecule has 0 aromatic heterocycles. The van der Waals surface area contributed by atoms with E-state index in [0.29, 0.717) is 4.90 Å². The van der Waals surface area contributed by atoms with Gasteiger partial charge in [0, 0.05) is 6.54 Å². The van der Waals surface area contributed by atoms with E-state index >= 15 is 0 Å². The third kappa shape index (κ3) is 1.63. The molecule has 0 unspecified atom stereocenters. The highest BCUT2D eigenvalue weighted by Crippen LogP contribution is 2.25. The van der Waals surface area contributed by atoms with Crippen LogP contribution in [0.2, 0.25) is 0 Å². The van der Waals surface area contributed by atoms with Gasteiger partial charge in [-0.2, -0.15) is 0 Å². The van der Waals surface area contributed by atoms with Gasteiger partial charge in [0.25, 0.3) is 5.92 Å². The first-order valence-corrected chi connectivity index (χ1v) is 3.55. The second-order valence-corrected chi connectivity index (χ2v) is 2.86. The van der Waals surface area contributed by atoms with E-state index < -0.39 is 24.6 Å². The molecule has 0 spiro atoms. The fourth-order valence-electron chi connectivity index (χ4n) is 1.12. The van der Waals surface area contributed by atoms with Crippen molar-refractivity contribution in [1.29, 1.82) is 0 Å². The van der Waals surface area contributed by atoms with E-state index in [2.05, 4.69) is 0 Å². The van der Waals surface area contributed by atoms with Crippen LogP contribution in [-0.4, -0.2) is 41.2 Å². The molecule has 1 aliphatic heterocycles. The number of nitrogens with two attached hydrogens (primary N) is 1. The Hall–Kier alpha value is -0.910. The van der Waals surface area contributed by atoms with Gasteiger partial charge in [0.1, 0.15) is 0 Å². The van der Waals surface area contributed by atoms with E-state index in [9.17, 15) is 13.6 Å². The highest BCUT2D eigenvalue weighted by atomic mass is 19.3. The van der Waals surface area contributed by atoms with E-state index in [1.54, 1.807) is 0 Å². The maximum absolute atomic E-state index is 12.8. The summed E-state index contributed by atoms with van der Waals surface area (Å²) in [6, 6.07) is -1.21. The summed E-state index contributed by atoms with van der Waals surface area (Å²) in [4.78, 5) is 11.0. The number of carboxylic acid groups (broad SMARTS) is 1. The quantitative estimate of drug-likeness (QED) is 0.564. The molecule has 0 aromatic rings. The number of hydrogen-bond acceptors (Lipinski definition) is 2. The average molecular weight is 180 g/mol. The highest BCUT2D eigenvalue weighted by Gasteiger charge is 2.43. The van der Waals surface area contributed by atoms with E-state index in [0.717, 1.165) is 0 Å². The number of amides is 1. The Balaban J connectivity index is 2.63. The van der Waals surface area contributed by atoms with E-state index in [4.69, 9.17) is 10.8 Å². The summed E-state index contributed by atoms with van der Waals surface area (Å²) in [5.41, 5.74) is 5.11. The van der Waals surface area contributed by atoms with Gasteiger partial charge in [0.15, 0.2) is 0 Å². The molecule has 1 amide bonds. The van der Waals surface area contributed by atoms with Crippen molar-refractivity contribution in [2.24, 2.45) is 5.73 Å². The lowest BCUT2D eigenvalue weighted by atomic mass is 10.0. The molecule has 1 atom stereocenters. The molecule has 0 saturated carbocycles. The van der Waals surface area contributed by atoms with Crippen LogP contribution >= 0.6 is 0 Å². The third-order valence-corrected chi connectivity index (χ3v) is 1.92. The van der Waals surface area contributed by atoms with Gasteiger partial charge >= 0.3 is 6.09 Å². The Kier molecular flexibility index (Phi) is 2.18. The SMILES string of the molecule is N[C@H]1CCN(C(=O)O)CC1(F)F. The molecule has 1 fully saturated rings. The molecule has 1 aliphatic rings. The number of hydrogen-bond donors (Lipinski definition) is 2. The summed E-state index contributed by atoms with van der Waals surface area (Å²) in [5.74, 6) is -3.09. The minimum Gasteiger partial charge on any atom is -0.465 e. The van der Waals surface area contributed by atoms with Crippen LogP contribution in [-0.2, 0) is 0 Å². The molecule has 1 heterocycles. The van der Waals surface area contributed by atoms with Crippen LogP contribution in [0.1, 0.15) is 6.42 Å². The van der Waals surface area contributed by atoms with Gasteiger partial charge in [0.05, 0.1) is 12.6 Å². The second kappa shape index (κ2) is 2.85. The smallest absolute Gasteiger partial charge is 0.407 e. The van der Waals surface area contributed by atoms with E-state index in [1.165, 1.54) is 0 Å². The number of rotatable bonds is 0. The predicted molar refractivity (Wildman–Crippen MR) is 37.1 cm³/mol. The van der Waals surface area contributed by atoms with Crippen molar-refractivity contribution in [1.82, 2.24) is 4.90 Å². The molecule has 0 aliphatic carbocycles. The fraction of sp³-hybridized carbons (Fsp3) is 0.833. The Morgan fingerprint density at radius 1 is 1.67 bits per heavy atom. The summed E-state index contributed by atoms with van der Waals surface area (Å²) in [7, 11) is 0. The summed E-state index contributed by atoms with van der Waals surface area (Å²) in [6.07, 6.45) is -1.30. The number of carbonyl (C=O) groups is 1. The number of piperidine rings is 1. The molecule has 3 N–H and O–H groups in total. The Morgan fingerprint density at radius 2 is 2.25 bits per heavy atom. The van der Waals surface area contributed by atoms with Crippen LogP contribution in [0, 0.1) is 0 Å². The molecule has 1 saturated heterocycles. The van der Waals surface area contributed by atoms with Crippen LogP contribution in [0.5, 0.6) is 0 Å². The third-order valence-electron chi connectivity index (χ3n) is 1.92. The maximum atomic E-state index is 12.8. The first-order valence-electron chi connectivity index (χ1n) is 3.55. The highest BCUT2D eigenvalue weighted by molar-refractivity contribution is 5.65. The van der Waals surface area contributed by atoms with Crippen LogP contribution in [0.15, 0.2) is 0 Å². The van der Waals surface area contributed by atoms with Gasteiger partial charge in [-0.05, 0) is 6.42 Å². The molecule has 4 nitrogen and oxygen atoms in total. The molecule has 6 heteroatoms. The predicted octanol–water partition coefficient (Wildman–Crippen LogP) is 0.333. The van der Waals surface area contributed by atoms with Crippen molar-refractivity contribution in [3.8, 4) is 0 Å². The van der Waals surface area contributed by atoms with Gasteiger partial charge in [-0.1, -0.05) is 0 Å². The standard InChI is InChI=1S/C6H10F2N2O2/c7-6(8)3-10(5(11)12)2-1-4(6)9/h4H,1-3,9H2,(H,11,12)/t4-/m0/s1. The minimum atomic E-state index is -3.09. The minimum absolute atomic E-state index is 0.0132. The number of nitrogens with zero attached hydrogens (tertiary/aromatic N) is 1. The summed E-state index contributed by atoms with van der Waals surface area (Å²) >= 11 is 0. The first-order chi connectivity index (χ1) is 5.43. The van der Waals surface area contributed by atoms with Gasteiger partial charge in [-0.3, -0.25) is 0 Å². The van der Waals surface area contributed by atoms with Crippen LogP contribution in [0.3, 0.4) is 0 Å². The zero-order chi connectivity index (χ0) is 9.35. The van der Waals surface area contributed by atoms with Crippen molar-refractivity contribution < 1.29 is 18.7 Å². The Labute approximate surface area is 67.9 Å². The molecule has 0 bridgehead atoms. The number of halogens is 2. The van der Waals surface area contributed by atoms with Gasteiger partial charge < -0.3 is 15.7 Å². The second-order valence-electron chi connectivity index (χ2n) is 2.86. The Bertz CT molecular complexity index is 198. The van der Waals surface area contributed by atoms with E-state index in [-0.39, 0.29) is 13.0 Å². The zero-order valence-electron chi connectivity index (χ0n) is 6.33. The van der Waals surface area contributed by atoms with E-state index in [1.807, 2.05) is 0 Å².